The van der Waals surface area contributed by atoms with Crippen LogP contribution in [0.5, 0.6) is 0 Å². The molecule has 1 fully saturated rings. The van der Waals surface area contributed by atoms with Crippen molar-refractivity contribution < 1.29 is 15.7 Å². The Labute approximate surface area is 72.9 Å². The minimum absolute atomic E-state index is 0.336. The molecule has 0 radical (unpaired) electrons. The van der Waals surface area contributed by atoms with Crippen molar-refractivity contribution >= 4 is 5.91 Å². The minimum atomic E-state index is -0.441. The highest BCUT2D eigenvalue weighted by atomic mass is 16.8. The number of nitrogens with one attached hydrogen (secondary N) is 1. The standard InChI is InChI=1S/C8H13NO3/c1-2-7(10)9-12-8-5-3-4-6-11-8/h2,8H,1,3-6H2,(H,9,10)/i1D. The number of carbonyl (C=O) groups is 1. The molecule has 0 aliphatic carbocycles. The molecule has 0 saturated carbocycles. The average molecular weight is 172 g/mol. The predicted molar refractivity (Wildman–Crippen MR) is 43.0 cm³/mol. The number of hydrogen-bond donors (Lipinski definition) is 1. The molecule has 12 heavy (non-hydrogen) atoms. The lowest BCUT2D eigenvalue weighted by Gasteiger charge is -2.21. The molecule has 1 rings (SSSR count). The van der Waals surface area contributed by atoms with Crippen LogP contribution in [-0.2, 0) is 14.4 Å². The van der Waals surface area contributed by atoms with Gasteiger partial charge in [-0.1, -0.05) is 6.55 Å². The topological polar surface area (TPSA) is 47.6 Å². The smallest absolute Gasteiger partial charge is 0.267 e. The number of hydroxylamine groups is 1. The fourth-order valence-corrected chi connectivity index (χ4v) is 0.962. The molecular formula is C8H13NO3. The molecule has 1 atom stereocenters. The van der Waals surface area contributed by atoms with Crippen molar-refractivity contribution in [2.45, 2.75) is 25.6 Å². The molecule has 1 unspecified atom stereocenters. The summed E-state index contributed by atoms with van der Waals surface area (Å²) in [6, 6.07) is 0. The summed E-state index contributed by atoms with van der Waals surface area (Å²) in [5.41, 5.74) is 2.18. The highest BCUT2D eigenvalue weighted by Crippen LogP contribution is 2.12. The van der Waals surface area contributed by atoms with Crippen molar-refractivity contribution in [1.29, 1.82) is 0 Å². The van der Waals surface area contributed by atoms with Crippen LogP contribution in [-0.4, -0.2) is 18.8 Å². The minimum Gasteiger partial charge on any atom is -0.350 e. The van der Waals surface area contributed by atoms with Crippen molar-refractivity contribution in [1.82, 2.24) is 5.48 Å². The molecule has 0 bridgehead atoms. The maximum absolute atomic E-state index is 10.8. The summed E-state index contributed by atoms with van der Waals surface area (Å²) in [5, 5.41) is 0. The molecular weight excluding hydrogens is 158 g/mol. The molecule has 1 aliphatic heterocycles. The summed E-state index contributed by atoms with van der Waals surface area (Å²) >= 11 is 0. The van der Waals surface area contributed by atoms with Gasteiger partial charge >= 0.3 is 0 Å². The first-order chi connectivity index (χ1) is 6.33. The third-order valence-electron chi connectivity index (χ3n) is 1.58. The third kappa shape index (κ3) is 3.02. The maximum atomic E-state index is 10.8. The van der Waals surface area contributed by atoms with Gasteiger partial charge in [0.1, 0.15) is 0 Å². The van der Waals surface area contributed by atoms with Crippen molar-refractivity contribution in [2.75, 3.05) is 6.61 Å². The molecule has 1 saturated heterocycles. The second-order valence-corrected chi connectivity index (χ2v) is 2.55. The molecule has 0 aromatic heterocycles. The van der Waals surface area contributed by atoms with Gasteiger partial charge in [0.2, 0.25) is 0 Å². The van der Waals surface area contributed by atoms with E-state index in [1.165, 1.54) is 0 Å². The fraction of sp³-hybridized carbons (Fsp3) is 0.625. The lowest BCUT2D eigenvalue weighted by Crippen LogP contribution is -2.32. The van der Waals surface area contributed by atoms with Crippen LogP contribution < -0.4 is 5.48 Å². The highest BCUT2D eigenvalue weighted by Gasteiger charge is 2.14. The zero-order chi connectivity index (χ0) is 9.52. The van der Waals surface area contributed by atoms with E-state index in [0.717, 1.165) is 31.9 Å². The van der Waals surface area contributed by atoms with E-state index in [4.69, 9.17) is 10.9 Å². The van der Waals surface area contributed by atoms with E-state index in [1.807, 2.05) is 0 Å². The number of rotatable bonds is 3. The quantitative estimate of drug-likeness (QED) is 0.504. The van der Waals surface area contributed by atoms with E-state index in [0.29, 0.717) is 6.61 Å². The lowest BCUT2D eigenvalue weighted by atomic mass is 10.2. The Bertz CT molecular complexity index is 190. The predicted octanol–water partition coefficient (Wildman–Crippen LogP) is 0.747. The monoisotopic (exact) mass is 172 g/mol. The molecule has 1 N–H and O–H groups in total. The summed E-state index contributed by atoms with van der Waals surface area (Å²) in [4.78, 5) is 15.7. The number of amides is 1. The normalized spacial score (nSPS) is 25.3. The van der Waals surface area contributed by atoms with Gasteiger partial charge in [0, 0.05) is 13.0 Å². The SMILES string of the molecule is [2H]C=CC(=O)NOC1CCCCO1. The van der Waals surface area contributed by atoms with Crippen LogP contribution in [0.15, 0.2) is 12.6 Å². The Balaban J connectivity index is 2.13. The van der Waals surface area contributed by atoms with Gasteiger partial charge in [-0.2, -0.15) is 0 Å². The van der Waals surface area contributed by atoms with Gasteiger partial charge in [0.05, 0.1) is 1.37 Å². The van der Waals surface area contributed by atoms with E-state index < -0.39 is 5.91 Å². The molecule has 0 aromatic rings. The van der Waals surface area contributed by atoms with Crippen LogP contribution in [0.25, 0.3) is 0 Å². The van der Waals surface area contributed by atoms with Gasteiger partial charge < -0.3 is 4.74 Å². The highest BCUT2D eigenvalue weighted by molar-refractivity contribution is 5.85. The van der Waals surface area contributed by atoms with Gasteiger partial charge in [-0.05, 0) is 18.9 Å². The fourth-order valence-electron chi connectivity index (χ4n) is 0.962. The Morgan fingerprint density at radius 3 is 3.42 bits per heavy atom. The van der Waals surface area contributed by atoms with Crippen LogP contribution in [0, 0.1) is 0 Å². The first-order valence-electron chi connectivity index (χ1n) is 4.53. The van der Waals surface area contributed by atoms with Crippen LogP contribution >= 0.6 is 0 Å². The summed E-state index contributed by atoms with van der Waals surface area (Å²) < 4.78 is 11.8. The second kappa shape index (κ2) is 4.90. The van der Waals surface area contributed by atoms with E-state index in [1.54, 1.807) is 0 Å². The molecule has 4 nitrogen and oxygen atoms in total. The van der Waals surface area contributed by atoms with Crippen LogP contribution in [0.2, 0.25) is 0 Å². The van der Waals surface area contributed by atoms with E-state index in [-0.39, 0.29) is 6.29 Å². The Kier molecular flexibility index (Phi) is 3.17. The van der Waals surface area contributed by atoms with Crippen molar-refractivity contribution in [3.63, 3.8) is 0 Å². The molecule has 0 aromatic carbocycles. The first-order valence-corrected chi connectivity index (χ1v) is 3.95. The van der Waals surface area contributed by atoms with Gasteiger partial charge in [0.25, 0.3) is 5.91 Å². The summed E-state index contributed by atoms with van der Waals surface area (Å²) in [6.45, 7) is 1.58. The molecule has 4 heteroatoms. The molecule has 1 aliphatic rings. The Morgan fingerprint density at radius 2 is 2.75 bits per heavy atom. The van der Waals surface area contributed by atoms with E-state index in [9.17, 15) is 4.79 Å². The van der Waals surface area contributed by atoms with E-state index >= 15 is 0 Å². The van der Waals surface area contributed by atoms with Crippen molar-refractivity contribution in [3.8, 4) is 0 Å². The van der Waals surface area contributed by atoms with Crippen molar-refractivity contribution in [3.05, 3.63) is 12.6 Å². The van der Waals surface area contributed by atoms with Crippen LogP contribution in [0.1, 0.15) is 20.6 Å². The number of carbonyl (C=O) groups excluding carboxylic acids is 1. The van der Waals surface area contributed by atoms with Gasteiger partial charge in [-0.15, -0.1) is 0 Å². The van der Waals surface area contributed by atoms with Gasteiger partial charge in [-0.25, -0.2) is 10.3 Å². The average Bonchev–Trinajstić information content (AvgIpc) is 2.17. The van der Waals surface area contributed by atoms with Gasteiger partial charge in [0.15, 0.2) is 6.29 Å². The zero-order valence-corrected chi connectivity index (χ0v) is 6.79. The lowest BCUT2D eigenvalue weighted by molar-refractivity contribution is -0.198. The maximum Gasteiger partial charge on any atom is 0.267 e. The Hall–Kier alpha value is -0.870. The summed E-state index contributed by atoms with van der Waals surface area (Å²) in [5.74, 6) is -0.441. The summed E-state index contributed by atoms with van der Waals surface area (Å²) in [6.07, 6.45) is 3.62. The largest absolute Gasteiger partial charge is 0.350 e. The zero-order valence-electron chi connectivity index (χ0n) is 7.79. The first kappa shape index (κ1) is 7.76. The Morgan fingerprint density at radius 1 is 1.83 bits per heavy atom. The molecule has 1 heterocycles. The van der Waals surface area contributed by atoms with Crippen LogP contribution in [0.3, 0.4) is 0 Å². The van der Waals surface area contributed by atoms with Gasteiger partial charge in [-0.3, -0.25) is 4.79 Å². The molecule has 0 spiro atoms. The third-order valence-corrected chi connectivity index (χ3v) is 1.58. The van der Waals surface area contributed by atoms with Crippen molar-refractivity contribution in [2.24, 2.45) is 0 Å². The number of ether oxygens (including phenoxy) is 1. The second-order valence-electron chi connectivity index (χ2n) is 2.55. The number of hydrogen-bond acceptors (Lipinski definition) is 3. The molecule has 68 valence electrons. The molecule has 1 amide bonds. The summed E-state index contributed by atoms with van der Waals surface area (Å²) in [7, 11) is 0. The van der Waals surface area contributed by atoms with Crippen LogP contribution in [0.4, 0.5) is 0 Å². The van der Waals surface area contributed by atoms with E-state index in [2.05, 4.69) is 5.48 Å².